The van der Waals surface area contributed by atoms with Crippen molar-refractivity contribution in [3.8, 4) is 11.1 Å². The Balaban J connectivity index is 0.00000256. The van der Waals surface area contributed by atoms with E-state index in [1.807, 2.05) is 12.5 Å². The Bertz CT molecular complexity index is 956. The van der Waals surface area contributed by atoms with Crippen molar-refractivity contribution >= 4 is 29.9 Å². The van der Waals surface area contributed by atoms with Gasteiger partial charge in [0.1, 0.15) is 0 Å². The van der Waals surface area contributed by atoms with Crippen molar-refractivity contribution in [3.05, 3.63) is 78.4 Å². The molecule has 158 valence electrons. The van der Waals surface area contributed by atoms with Crippen LogP contribution in [0.1, 0.15) is 18.1 Å². The van der Waals surface area contributed by atoms with E-state index < -0.39 is 0 Å². The van der Waals surface area contributed by atoms with Crippen LogP contribution in [-0.4, -0.2) is 46.2 Å². The van der Waals surface area contributed by atoms with Gasteiger partial charge in [-0.05, 0) is 29.2 Å². The van der Waals surface area contributed by atoms with E-state index in [0.29, 0.717) is 19.1 Å². The van der Waals surface area contributed by atoms with Crippen molar-refractivity contribution in [3.63, 3.8) is 0 Å². The summed E-state index contributed by atoms with van der Waals surface area (Å²) in [7, 11) is 0. The second kappa shape index (κ2) is 10.6. The highest BCUT2D eigenvalue weighted by atomic mass is 127. The lowest BCUT2D eigenvalue weighted by molar-refractivity contribution is 0.00529. The summed E-state index contributed by atoms with van der Waals surface area (Å²) in [5, 5.41) is 0. The summed E-state index contributed by atoms with van der Waals surface area (Å²) >= 11 is 0. The standard InChI is InChI=1S/C23H27N5O.HI/c1-18-15-28(12-13-29-18)23(24)26-14-21-4-2-3-5-22(21)20-8-6-19(7-9-20)16-27-11-10-25-17-27;/h2-11,17-18H,12-16H2,1H3,(H2,24,26);1H. The van der Waals surface area contributed by atoms with Crippen molar-refractivity contribution in [1.29, 1.82) is 0 Å². The molecule has 2 aromatic carbocycles. The number of benzene rings is 2. The molecular formula is C23H28IN5O. The summed E-state index contributed by atoms with van der Waals surface area (Å²) in [6.45, 7) is 5.71. The molecule has 1 atom stereocenters. The molecule has 2 heterocycles. The maximum Gasteiger partial charge on any atom is 0.191 e. The van der Waals surface area contributed by atoms with Crippen molar-refractivity contribution in [2.75, 3.05) is 19.7 Å². The monoisotopic (exact) mass is 517 g/mol. The summed E-state index contributed by atoms with van der Waals surface area (Å²) < 4.78 is 7.65. The molecule has 0 bridgehead atoms. The fourth-order valence-electron chi connectivity index (χ4n) is 3.61. The first-order valence-electron chi connectivity index (χ1n) is 9.98. The molecule has 3 aromatic rings. The zero-order valence-corrected chi connectivity index (χ0v) is 19.5. The molecule has 30 heavy (non-hydrogen) atoms. The van der Waals surface area contributed by atoms with Crippen LogP contribution in [0.15, 0.2) is 72.2 Å². The van der Waals surface area contributed by atoms with Crippen LogP contribution in [0.25, 0.3) is 11.1 Å². The van der Waals surface area contributed by atoms with E-state index in [4.69, 9.17) is 10.5 Å². The number of imidazole rings is 1. The lowest BCUT2D eigenvalue weighted by Gasteiger charge is -2.31. The van der Waals surface area contributed by atoms with Gasteiger partial charge in [0.25, 0.3) is 0 Å². The lowest BCUT2D eigenvalue weighted by Crippen LogP contribution is -2.47. The predicted octanol–water partition coefficient (Wildman–Crippen LogP) is 3.75. The molecule has 7 heteroatoms. The van der Waals surface area contributed by atoms with Crippen LogP contribution in [0.2, 0.25) is 0 Å². The first kappa shape index (κ1) is 22.3. The van der Waals surface area contributed by atoms with Crippen LogP contribution >= 0.6 is 24.0 Å². The number of halogens is 1. The minimum Gasteiger partial charge on any atom is -0.375 e. The highest BCUT2D eigenvalue weighted by Gasteiger charge is 2.18. The predicted molar refractivity (Wildman–Crippen MR) is 131 cm³/mol. The maximum atomic E-state index is 6.24. The number of nitrogens with two attached hydrogens (primary N) is 1. The Morgan fingerprint density at radius 3 is 2.73 bits per heavy atom. The van der Waals surface area contributed by atoms with Crippen molar-refractivity contribution in [2.45, 2.75) is 26.1 Å². The summed E-state index contributed by atoms with van der Waals surface area (Å²) in [6, 6.07) is 17.0. The number of ether oxygens (including phenoxy) is 1. The Labute approximate surface area is 194 Å². The van der Waals surface area contributed by atoms with Crippen molar-refractivity contribution < 1.29 is 4.74 Å². The number of rotatable bonds is 5. The normalized spacial score (nSPS) is 16.9. The molecule has 4 rings (SSSR count). The summed E-state index contributed by atoms with van der Waals surface area (Å²) in [5.41, 5.74) is 11.0. The smallest absolute Gasteiger partial charge is 0.191 e. The van der Waals surface area contributed by atoms with Crippen LogP contribution in [0.5, 0.6) is 0 Å². The lowest BCUT2D eigenvalue weighted by atomic mass is 9.98. The number of aliphatic imine (C=N–C) groups is 1. The molecule has 1 saturated heterocycles. The topological polar surface area (TPSA) is 68.7 Å². The number of guanidine groups is 1. The second-order valence-electron chi connectivity index (χ2n) is 7.39. The molecule has 0 radical (unpaired) electrons. The fourth-order valence-corrected chi connectivity index (χ4v) is 3.61. The molecule has 1 aromatic heterocycles. The zero-order chi connectivity index (χ0) is 20.1. The Morgan fingerprint density at radius 2 is 2.00 bits per heavy atom. The van der Waals surface area contributed by atoms with Gasteiger partial charge in [-0.15, -0.1) is 24.0 Å². The second-order valence-corrected chi connectivity index (χ2v) is 7.39. The average Bonchev–Trinajstić information content (AvgIpc) is 3.26. The van der Waals surface area contributed by atoms with E-state index in [2.05, 4.69) is 74.9 Å². The van der Waals surface area contributed by atoms with Gasteiger partial charge in [0, 0.05) is 32.0 Å². The van der Waals surface area contributed by atoms with Gasteiger partial charge in [-0.2, -0.15) is 0 Å². The molecule has 6 nitrogen and oxygen atoms in total. The molecule has 1 aliphatic rings. The van der Waals surface area contributed by atoms with Crippen LogP contribution < -0.4 is 5.73 Å². The van der Waals surface area contributed by atoms with Gasteiger partial charge in [-0.1, -0.05) is 48.5 Å². The van der Waals surface area contributed by atoms with Gasteiger partial charge in [0.2, 0.25) is 0 Å². The third-order valence-corrected chi connectivity index (χ3v) is 5.18. The maximum absolute atomic E-state index is 6.24. The number of hydrogen-bond donors (Lipinski definition) is 1. The summed E-state index contributed by atoms with van der Waals surface area (Å²) in [6.07, 6.45) is 5.79. The van der Waals surface area contributed by atoms with Gasteiger partial charge in [0.15, 0.2) is 5.96 Å². The first-order chi connectivity index (χ1) is 14.2. The average molecular weight is 517 g/mol. The summed E-state index contributed by atoms with van der Waals surface area (Å²) in [4.78, 5) is 10.9. The van der Waals surface area contributed by atoms with Crippen molar-refractivity contribution in [2.24, 2.45) is 10.7 Å². The fraction of sp³-hybridized carbons (Fsp3) is 0.304. The minimum absolute atomic E-state index is 0. The molecule has 1 aliphatic heterocycles. The Kier molecular flexibility index (Phi) is 7.87. The van der Waals surface area contributed by atoms with E-state index >= 15 is 0 Å². The van der Waals surface area contributed by atoms with Crippen LogP contribution in [0, 0.1) is 0 Å². The molecule has 0 aliphatic carbocycles. The number of nitrogens with zero attached hydrogens (tertiary/aromatic N) is 4. The molecule has 0 spiro atoms. The number of hydrogen-bond acceptors (Lipinski definition) is 3. The van der Waals surface area contributed by atoms with E-state index in [9.17, 15) is 0 Å². The van der Waals surface area contributed by atoms with Crippen LogP contribution in [-0.2, 0) is 17.8 Å². The first-order valence-corrected chi connectivity index (χ1v) is 9.98. The molecular weight excluding hydrogens is 489 g/mol. The van der Waals surface area contributed by atoms with Crippen LogP contribution in [0.3, 0.4) is 0 Å². The van der Waals surface area contributed by atoms with Gasteiger partial charge >= 0.3 is 0 Å². The minimum atomic E-state index is 0. The SMILES string of the molecule is CC1CN(C(N)=NCc2ccccc2-c2ccc(Cn3ccnc3)cc2)CCO1.I. The Morgan fingerprint density at radius 1 is 1.20 bits per heavy atom. The molecule has 0 amide bonds. The van der Waals surface area contributed by atoms with Gasteiger partial charge in [-0.3, -0.25) is 0 Å². The highest BCUT2D eigenvalue weighted by Crippen LogP contribution is 2.25. The summed E-state index contributed by atoms with van der Waals surface area (Å²) in [5.74, 6) is 0.589. The molecule has 0 saturated carbocycles. The zero-order valence-electron chi connectivity index (χ0n) is 17.1. The van der Waals surface area contributed by atoms with Crippen molar-refractivity contribution in [1.82, 2.24) is 14.5 Å². The van der Waals surface area contributed by atoms with Gasteiger partial charge in [0.05, 0.1) is 25.6 Å². The molecule has 1 unspecified atom stereocenters. The van der Waals surface area contributed by atoms with E-state index in [-0.39, 0.29) is 30.1 Å². The van der Waals surface area contributed by atoms with E-state index in [1.165, 1.54) is 22.3 Å². The van der Waals surface area contributed by atoms with Crippen LogP contribution in [0.4, 0.5) is 0 Å². The highest BCUT2D eigenvalue weighted by molar-refractivity contribution is 14.0. The number of morpholine rings is 1. The largest absolute Gasteiger partial charge is 0.375 e. The van der Waals surface area contributed by atoms with Gasteiger partial charge < -0.3 is 19.9 Å². The van der Waals surface area contributed by atoms with E-state index in [1.54, 1.807) is 6.20 Å². The van der Waals surface area contributed by atoms with Gasteiger partial charge in [-0.25, -0.2) is 9.98 Å². The molecule has 1 fully saturated rings. The third kappa shape index (κ3) is 5.60. The van der Waals surface area contributed by atoms with E-state index in [0.717, 1.165) is 19.6 Å². The number of aromatic nitrogens is 2. The quantitative estimate of drug-likeness (QED) is 0.318. The third-order valence-electron chi connectivity index (χ3n) is 5.18. The molecule has 2 N–H and O–H groups in total. The Hall–Kier alpha value is -2.39.